The molecule has 3 atom stereocenters. The van der Waals surface area contributed by atoms with E-state index in [-0.39, 0.29) is 23.3 Å². The lowest BCUT2D eigenvalue weighted by molar-refractivity contribution is -0.138. The van der Waals surface area contributed by atoms with Crippen LogP contribution >= 0.6 is 0 Å². The van der Waals surface area contributed by atoms with Crippen molar-refractivity contribution in [2.24, 2.45) is 11.8 Å². The highest BCUT2D eigenvalue weighted by Gasteiger charge is 2.39. The van der Waals surface area contributed by atoms with Gasteiger partial charge in [-0.2, -0.15) is 0 Å². The molecule has 0 spiro atoms. The Morgan fingerprint density at radius 3 is 2.67 bits per heavy atom. The van der Waals surface area contributed by atoms with E-state index in [4.69, 9.17) is 0 Å². The van der Waals surface area contributed by atoms with Crippen LogP contribution in [0.25, 0.3) is 0 Å². The largest absolute Gasteiger partial charge is 0.341 e. The summed E-state index contributed by atoms with van der Waals surface area (Å²) < 4.78 is 1.92. The predicted molar refractivity (Wildman–Crippen MR) is 115 cm³/mol. The zero-order chi connectivity index (χ0) is 20.8. The van der Waals surface area contributed by atoms with Gasteiger partial charge in [0.15, 0.2) is 0 Å². The summed E-state index contributed by atoms with van der Waals surface area (Å²) >= 11 is 0. The third-order valence-corrected chi connectivity index (χ3v) is 6.82. The van der Waals surface area contributed by atoms with Crippen LogP contribution in [0.4, 0.5) is 5.95 Å². The predicted octanol–water partition coefficient (Wildman–Crippen LogP) is 2.12. The van der Waals surface area contributed by atoms with Gasteiger partial charge in [-0.05, 0) is 51.2 Å². The van der Waals surface area contributed by atoms with E-state index >= 15 is 0 Å². The number of aryl methyl sites for hydroxylation is 2. The van der Waals surface area contributed by atoms with Crippen LogP contribution in [0.5, 0.6) is 0 Å². The summed E-state index contributed by atoms with van der Waals surface area (Å²) in [5.74, 6) is 1.61. The Balaban J connectivity index is 1.32. The lowest BCUT2D eigenvalue weighted by Crippen LogP contribution is -2.52. The van der Waals surface area contributed by atoms with Crippen molar-refractivity contribution in [1.82, 2.24) is 19.4 Å². The number of aromatic nitrogens is 3. The molecule has 7 heteroatoms. The second-order valence-electron chi connectivity index (χ2n) is 9.18. The summed E-state index contributed by atoms with van der Waals surface area (Å²) in [6, 6.07) is 7.51. The molecule has 0 aliphatic carbocycles. The van der Waals surface area contributed by atoms with Gasteiger partial charge in [0.2, 0.25) is 11.9 Å². The molecule has 0 aromatic carbocycles. The fourth-order valence-electron chi connectivity index (χ4n) is 5.54. The molecule has 3 aliphatic heterocycles. The normalized spacial score (nSPS) is 25.7. The number of pyridine rings is 1. The zero-order valence-electron chi connectivity index (χ0n) is 17.8. The van der Waals surface area contributed by atoms with Gasteiger partial charge < -0.3 is 14.4 Å². The number of hydrogen-bond acceptors (Lipinski definition) is 5. The number of nitrogens with zero attached hydrogens (tertiary/aromatic N) is 5. The van der Waals surface area contributed by atoms with Crippen LogP contribution in [0, 0.1) is 25.7 Å². The Morgan fingerprint density at radius 2 is 1.87 bits per heavy atom. The summed E-state index contributed by atoms with van der Waals surface area (Å²) in [4.78, 5) is 39.1. The second-order valence-corrected chi connectivity index (χ2v) is 9.18. The number of anilines is 1. The summed E-state index contributed by atoms with van der Waals surface area (Å²) in [5.41, 5.74) is 3.09. The molecule has 0 saturated carbocycles. The first kappa shape index (κ1) is 19.3. The number of carbonyl (C=O) groups is 1. The van der Waals surface area contributed by atoms with Crippen molar-refractivity contribution in [2.75, 3.05) is 31.1 Å². The van der Waals surface area contributed by atoms with Gasteiger partial charge in [0.25, 0.3) is 5.56 Å². The van der Waals surface area contributed by atoms with Gasteiger partial charge in [-0.1, -0.05) is 6.07 Å². The van der Waals surface area contributed by atoms with Gasteiger partial charge in [-0.3, -0.25) is 9.59 Å². The molecule has 2 aromatic heterocycles. The van der Waals surface area contributed by atoms with E-state index in [0.29, 0.717) is 12.5 Å². The van der Waals surface area contributed by atoms with Gasteiger partial charge in [0, 0.05) is 61.8 Å². The first-order valence-electron chi connectivity index (χ1n) is 11.0. The SMILES string of the molecule is Cc1cc(C)nc(N2CCC[C@H](C(=O)N3C[C@@H]4C[C@H](C3)c3cccc(=O)n3C4)C2)n1. The number of carbonyl (C=O) groups excluding carboxylic acids is 1. The Kier molecular flexibility index (Phi) is 4.83. The average Bonchev–Trinajstić information content (AvgIpc) is 2.73. The molecule has 0 unspecified atom stereocenters. The maximum Gasteiger partial charge on any atom is 0.250 e. The summed E-state index contributed by atoms with van der Waals surface area (Å²) in [6.07, 6.45) is 2.97. The Bertz CT molecular complexity index is 1010. The molecule has 7 nitrogen and oxygen atoms in total. The van der Waals surface area contributed by atoms with E-state index in [2.05, 4.69) is 25.8 Å². The van der Waals surface area contributed by atoms with Gasteiger partial charge in [0.05, 0.1) is 5.92 Å². The highest BCUT2D eigenvalue weighted by molar-refractivity contribution is 5.80. The first-order chi connectivity index (χ1) is 14.5. The van der Waals surface area contributed by atoms with Crippen molar-refractivity contribution in [2.45, 2.75) is 45.6 Å². The minimum absolute atomic E-state index is 0.0139. The molecule has 0 radical (unpaired) electrons. The molecule has 158 valence electrons. The molecule has 2 saturated heterocycles. The highest BCUT2D eigenvalue weighted by Crippen LogP contribution is 2.36. The third-order valence-electron chi connectivity index (χ3n) is 6.82. The maximum atomic E-state index is 13.5. The van der Waals surface area contributed by atoms with Crippen LogP contribution in [0.1, 0.15) is 42.3 Å². The molecular weight excluding hydrogens is 378 g/mol. The van der Waals surface area contributed by atoms with E-state index in [9.17, 15) is 9.59 Å². The van der Waals surface area contributed by atoms with Crippen molar-refractivity contribution in [3.63, 3.8) is 0 Å². The van der Waals surface area contributed by atoms with Crippen LogP contribution < -0.4 is 10.5 Å². The third kappa shape index (κ3) is 3.50. The molecule has 2 bridgehead atoms. The molecule has 2 aromatic rings. The number of hydrogen-bond donors (Lipinski definition) is 0. The van der Waals surface area contributed by atoms with Gasteiger partial charge >= 0.3 is 0 Å². The van der Waals surface area contributed by atoms with Gasteiger partial charge in [-0.15, -0.1) is 0 Å². The standard InChI is InChI=1S/C23H29N5O2/c1-15-9-16(2)25-23(24-15)26-8-4-5-18(13-26)22(30)27-11-17-10-19(14-27)20-6-3-7-21(29)28(20)12-17/h3,6-7,9,17-19H,4-5,8,10-14H2,1-2H3/t17-,18-,19+/m0/s1. The topological polar surface area (TPSA) is 71.3 Å². The minimum Gasteiger partial charge on any atom is -0.341 e. The molecule has 3 aliphatic rings. The number of rotatable bonds is 2. The quantitative estimate of drug-likeness (QED) is 0.763. The van der Waals surface area contributed by atoms with Crippen molar-refractivity contribution in [1.29, 1.82) is 0 Å². The Labute approximate surface area is 176 Å². The maximum absolute atomic E-state index is 13.5. The van der Waals surface area contributed by atoms with Crippen LogP contribution in [0.2, 0.25) is 0 Å². The van der Waals surface area contributed by atoms with Crippen molar-refractivity contribution >= 4 is 11.9 Å². The summed E-state index contributed by atoms with van der Waals surface area (Å²) in [7, 11) is 0. The number of likely N-dealkylation sites (tertiary alicyclic amines) is 1. The van der Waals surface area contributed by atoms with Crippen molar-refractivity contribution in [3.8, 4) is 0 Å². The summed E-state index contributed by atoms with van der Waals surface area (Å²) in [6.45, 7) is 7.75. The zero-order valence-corrected chi connectivity index (χ0v) is 17.8. The lowest BCUT2D eigenvalue weighted by atomic mass is 9.82. The molecule has 5 rings (SSSR count). The van der Waals surface area contributed by atoms with Crippen LogP contribution in [0.3, 0.4) is 0 Å². The van der Waals surface area contributed by atoms with E-state index < -0.39 is 0 Å². The number of amides is 1. The highest BCUT2D eigenvalue weighted by atomic mass is 16.2. The average molecular weight is 408 g/mol. The first-order valence-corrected chi connectivity index (χ1v) is 11.0. The summed E-state index contributed by atoms with van der Waals surface area (Å²) in [5, 5.41) is 0. The second kappa shape index (κ2) is 7.52. The lowest BCUT2D eigenvalue weighted by Gasteiger charge is -2.44. The molecule has 2 fully saturated rings. The fourth-order valence-corrected chi connectivity index (χ4v) is 5.54. The van der Waals surface area contributed by atoms with E-state index in [1.54, 1.807) is 6.07 Å². The number of fused-ring (bicyclic) bond motifs is 4. The van der Waals surface area contributed by atoms with E-state index in [1.807, 2.05) is 30.5 Å². The number of piperidine rings is 2. The minimum atomic E-state index is -0.0139. The molecule has 0 N–H and O–H groups in total. The van der Waals surface area contributed by atoms with Gasteiger partial charge in [0.1, 0.15) is 0 Å². The van der Waals surface area contributed by atoms with Crippen molar-refractivity contribution in [3.05, 3.63) is 51.7 Å². The Morgan fingerprint density at radius 1 is 1.07 bits per heavy atom. The molecule has 5 heterocycles. The monoisotopic (exact) mass is 407 g/mol. The fraction of sp³-hybridized carbons (Fsp3) is 0.565. The van der Waals surface area contributed by atoms with E-state index in [0.717, 1.165) is 68.5 Å². The van der Waals surface area contributed by atoms with Crippen LogP contribution in [0.15, 0.2) is 29.1 Å². The smallest absolute Gasteiger partial charge is 0.250 e. The molecular formula is C23H29N5O2. The van der Waals surface area contributed by atoms with Crippen LogP contribution in [-0.2, 0) is 11.3 Å². The van der Waals surface area contributed by atoms with Gasteiger partial charge in [-0.25, -0.2) is 9.97 Å². The molecule has 1 amide bonds. The molecule has 30 heavy (non-hydrogen) atoms. The Hall–Kier alpha value is -2.70. The van der Waals surface area contributed by atoms with E-state index in [1.165, 1.54) is 0 Å². The van der Waals surface area contributed by atoms with Crippen LogP contribution in [-0.4, -0.2) is 51.5 Å². The van der Waals surface area contributed by atoms with Crippen molar-refractivity contribution < 1.29 is 4.79 Å².